The van der Waals surface area contributed by atoms with E-state index in [1.807, 2.05) is 13.8 Å². The van der Waals surface area contributed by atoms with Crippen LogP contribution in [-0.2, 0) is 52.8 Å². The lowest BCUT2D eigenvalue weighted by Gasteiger charge is -2.27. The van der Waals surface area contributed by atoms with Crippen LogP contribution in [0.1, 0.15) is 37.0 Å². The Kier molecular flexibility index (Phi) is 21.1. The van der Waals surface area contributed by atoms with E-state index in [4.69, 9.17) is 17.2 Å². The summed E-state index contributed by atoms with van der Waals surface area (Å²) in [5.74, 6) is -5.09. The number of hydrogen-bond acceptors (Lipinski definition) is 10. The number of nitrogens with two attached hydrogens (primary N) is 3. The summed E-state index contributed by atoms with van der Waals surface area (Å²) < 4.78 is 0. The molecule has 0 saturated heterocycles. The van der Waals surface area contributed by atoms with E-state index in [0.29, 0.717) is 17.7 Å². The van der Waals surface area contributed by atoms with Gasteiger partial charge in [0.15, 0.2) is 5.96 Å². The highest BCUT2D eigenvalue weighted by Gasteiger charge is 2.32. The number of nitrogens with zero attached hydrogens (tertiary/aromatic N) is 1. The molecular weight excluding hydrogens is 799 g/mol. The highest BCUT2D eigenvalue weighted by molar-refractivity contribution is 5.97. The van der Waals surface area contributed by atoms with Gasteiger partial charge in [0.1, 0.15) is 30.2 Å². The second-order valence-electron chi connectivity index (χ2n) is 14.8. The van der Waals surface area contributed by atoms with E-state index in [1.54, 1.807) is 91.0 Å². The fourth-order valence-corrected chi connectivity index (χ4v) is 5.92. The summed E-state index contributed by atoms with van der Waals surface area (Å²) in [6, 6.07) is 19.6. The first-order valence-corrected chi connectivity index (χ1v) is 20.2. The number of primary amides is 1. The molecule has 0 aliphatic rings. The molecule has 3 aromatic carbocycles. The summed E-state index contributed by atoms with van der Waals surface area (Å²) >= 11 is 0. The van der Waals surface area contributed by atoms with Crippen LogP contribution in [0, 0.1) is 5.92 Å². The molecule has 14 N–H and O–H groups in total. The number of aliphatic hydroxyl groups excluding tert-OH is 1. The lowest BCUT2D eigenvalue weighted by molar-refractivity contribution is -0.135. The van der Waals surface area contributed by atoms with Crippen molar-refractivity contribution in [2.45, 2.75) is 69.7 Å². The second kappa shape index (κ2) is 26.4. The highest BCUT2D eigenvalue weighted by atomic mass is 16.3. The molecule has 19 heteroatoms. The molecule has 0 bridgehead atoms. The second-order valence-corrected chi connectivity index (χ2v) is 14.8. The van der Waals surface area contributed by atoms with Gasteiger partial charge in [0.25, 0.3) is 0 Å². The van der Waals surface area contributed by atoms with Gasteiger partial charge in [0, 0.05) is 32.4 Å². The Balaban J connectivity index is 1.86. The molecule has 0 radical (unpaired) electrons. The Morgan fingerprint density at radius 2 is 0.984 bits per heavy atom. The van der Waals surface area contributed by atoms with E-state index >= 15 is 0 Å². The maximum atomic E-state index is 14.2. The molecule has 0 fully saturated rings. The minimum atomic E-state index is -1.61. The number of carbonyl (C=O) groups is 7. The minimum Gasteiger partial charge on any atom is -0.394 e. The molecule has 334 valence electrons. The molecule has 0 saturated carbocycles. The van der Waals surface area contributed by atoms with Crippen LogP contribution in [0.2, 0.25) is 0 Å². The zero-order chi connectivity index (χ0) is 45.4. The minimum absolute atomic E-state index is 0.0163. The molecule has 0 aromatic heterocycles. The van der Waals surface area contributed by atoms with Gasteiger partial charge >= 0.3 is 0 Å². The van der Waals surface area contributed by atoms with Crippen molar-refractivity contribution in [3.8, 4) is 0 Å². The van der Waals surface area contributed by atoms with E-state index in [1.165, 1.54) is 0 Å². The summed E-state index contributed by atoms with van der Waals surface area (Å²) in [7, 11) is 0. The molecule has 0 spiro atoms. The fraction of sp³-hybridized carbons (Fsp3) is 0.395. The maximum Gasteiger partial charge on any atom is 0.245 e. The molecule has 19 nitrogen and oxygen atoms in total. The molecular formula is C43H59N11O8. The van der Waals surface area contributed by atoms with Crippen LogP contribution >= 0.6 is 0 Å². The van der Waals surface area contributed by atoms with E-state index in [0.717, 1.165) is 5.56 Å². The van der Waals surface area contributed by atoms with Crippen LogP contribution in [-0.4, -0.2) is 115 Å². The number of rotatable bonds is 25. The number of nitrogens with one attached hydrogen (secondary N) is 7. The largest absolute Gasteiger partial charge is 0.394 e. The van der Waals surface area contributed by atoms with Crippen molar-refractivity contribution < 1.29 is 38.7 Å². The first-order chi connectivity index (χ1) is 29.7. The molecule has 3 rings (SSSR count). The maximum absolute atomic E-state index is 14.2. The summed E-state index contributed by atoms with van der Waals surface area (Å²) in [4.78, 5) is 96.6. The number of hydrogen-bond donors (Lipinski definition) is 11. The number of benzene rings is 3. The molecule has 0 heterocycles. The van der Waals surface area contributed by atoms with Gasteiger partial charge in [-0.25, -0.2) is 0 Å². The van der Waals surface area contributed by atoms with E-state index in [-0.39, 0.29) is 50.7 Å². The highest BCUT2D eigenvalue weighted by Crippen LogP contribution is 2.09. The molecule has 0 unspecified atom stereocenters. The van der Waals surface area contributed by atoms with E-state index in [9.17, 15) is 38.7 Å². The van der Waals surface area contributed by atoms with Crippen molar-refractivity contribution in [3.63, 3.8) is 0 Å². The lowest BCUT2D eigenvalue weighted by atomic mass is 10.0. The van der Waals surface area contributed by atoms with Gasteiger partial charge in [-0.3, -0.25) is 38.6 Å². The molecule has 7 amide bonds. The SMILES string of the molecule is CC(C)CN=C(N)NCC[C@H](NC(=O)[C@H](Cc1ccccc1)NC(=O)[C@H](CO)NC(=O)[C@H](Cc1ccccc1)NC(=O)CNC(=O)CN)C(=O)N[C@@H](Cc1ccccc1)C(N)=O. The number of aliphatic hydroxyl groups is 1. The lowest BCUT2D eigenvalue weighted by Crippen LogP contribution is -2.60. The average Bonchev–Trinajstić information content (AvgIpc) is 3.26. The third-order valence-electron chi connectivity index (χ3n) is 9.24. The van der Waals surface area contributed by atoms with Gasteiger partial charge in [0.2, 0.25) is 41.4 Å². The van der Waals surface area contributed by atoms with Crippen molar-refractivity contribution in [1.29, 1.82) is 0 Å². The van der Waals surface area contributed by atoms with Crippen LogP contribution in [0.15, 0.2) is 96.0 Å². The first-order valence-electron chi connectivity index (χ1n) is 20.2. The van der Waals surface area contributed by atoms with Crippen molar-refractivity contribution in [1.82, 2.24) is 37.2 Å². The summed E-state index contributed by atoms with van der Waals surface area (Å²) in [5, 5.41) is 28.5. The third-order valence-corrected chi connectivity index (χ3v) is 9.24. The number of aliphatic imine (C=N–C) groups is 1. The first kappa shape index (κ1) is 49.5. The Morgan fingerprint density at radius 1 is 0.565 bits per heavy atom. The summed E-state index contributed by atoms with van der Waals surface area (Å²) in [5.41, 5.74) is 19.0. The zero-order valence-corrected chi connectivity index (χ0v) is 35.0. The van der Waals surface area contributed by atoms with Crippen molar-refractivity contribution in [3.05, 3.63) is 108 Å². The van der Waals surface area contributed by atoms with Crippen LogP contribution < -0.4 is 54.4 Å². The summed E-state index contributed by atoms with van der Waals surface area (Å²) in [6.07, 6.45) is -0.0576. The van der Waals surface area contributed by atoms with Crippen LogP contribution in [0.3, 0.4) is 0 Å². The molecule has 0 aliphatic heterocycles. The quantitative estimate of drug-likeness (QED) is 0.0317. The topological polar surface area (TPSA) is 314 Å². The Labute approximate surface area is 360 Å². The average molecular weight is 858 g/mol. The third kappa shape index (κ3) is 18.2. The van der Waals surface area contributed by atoms with Crippen molar-refractivity contribution in [2.75, 3.05) is 32.8 Å². The van der Waals surface area contributed by atoms with E-state index in [2.05, 4.69) is 42.2 Å². The van der Waals surface area contributed by atoms with Crippen molar-refractivity contribution >= 4 is 47.3 Å². The van der Waals surface area contributed by atoms with Gasteiger partial charge < -0.3 is 59.5 Å². The van der Waals surface area contributed by atoms with Crippen LogP contribution in [0.5, 0.6) is 0 Å². The van der Waals surface area contributed by atoms with Gasteiger partial charge in [-0.15, -0.1) is 0 Å². The molecule has 5 atom stereocenters. The number of carbonyl (C=O) groups excluding carboxylic acids is 7. The molecule has 3 aromatic rings. The Bertz CT molecular complexity index is 1950. The smallest absolute Gasteiger partial charge is 0.245 e. The van der Waals surface area contributed by atoms with E-state index < -0.39 is 84.7 Å². The monoisotopic (exact) mass is 857 g/mol. The molecule has 0 aliphatic carbocycles. The Morgan fingerprint density at radius 3 is 1.45 bits per heavy atom. The van der Waals surface area contributed by atoms with Gasteiger partial charge in [-0.2, -0.15) is 0 Å². The fourth-order valence-electron chi connectivity index (χ4n) is 5.92. The zero-order valence-electron chi connectivity index (χ0n) is 35.0. The standard InChI is InChI=1S/C43H59N11O8/c1-27(2)24-49-43(46)47-19-18-31(39(59)52-32(38(45)58)20-28-12-6-3-7-13-28)51-41(61)34(22-30-16-10-5-11-17-30)53-42(62)35(26-55)54-40(60)33(21-29-14-8-4-9-15-29)50-37(57)25-48-36(56)23-44/h3-17,27,31-35,55H,18-26,44H2,1-2H3,(H2,45,58)(H,48,56)(H,50,57)(H,51,61)(H,52,59)(H,53,62)(H,54,60)(H3,46,47,49)/t31-,32-,33-,34-,35-/m0/s1. The number of amides is 7. The van der Waals surface area contributed by atoms with Crippen LogP contribution in [0.25, 0.3) is 0 Å². The predicted octanol–water partition coefficient (Wildman–Crippen LogP) is -2.36. The van der Waals surface area contributed by atoms with Crippen LogP contribution in [0.4, 0.5) is 0 Å². The normalized spacial score (nSPS) is 13.6. The number of guanidine groups is 1. The predicted molar refractivity (Wildman–Crippen MR) is 232 cm³/mol. The van der Waals surface area contributed by atoms with Crippen molar-refractivity contribution in [2.24, 2.45) is 28.1 Å². The Hall–Kier alpha value is -6.86. The van der Waals surface area contributed by atoms with Gasteiger partial charge in [0.05, 0.1) is 19.7 Å². The van der Waals surface area contributed by atoms with Gasteiger partial charge in [-0.1, -0.05) is 105 Å². The summed E-state index contributed by atoms with van der Waals surface area (Å²) in [6.45, 7) is 2.73. The molecule has 62 heavy (non-hydrogen) atoms. The van der Waals surface area contributed by atoms with Gasteiger partial charge in [-0.05, 0) is 29.0 Å².